The number of amides is 1. The van der Waals surface area contributed by atoms with Gasteiger partial charge in [-0.2, -0.15) is 0 Å². The lowest BCUT2D eigenvalue weighted by Crippen LogP contribution is -2.58. The molecule has 0 aromatic carbocycles. The molecule has 1 unspecified atom stereocenters. The molecule has 3 heterocycles. The number of hydrogen-bond acceptors (Lipinski definition) is 4. The SMILES string of the molecule is CN1CCCC(C(=O)N2CC(Oc3ccc(Cl)cn3)C2)C1. The van der Waals surface area contributed by atoms with E-state index in [1.165, 1.54) is 0 Å². The third kappa shape index (κ3) is 3.47. The first-order valence-corrected chi connectivity index (χ1v) is 7.75. The predicted octanol–water partition coefficient (Wildman–Crippen LogP) is 1.67. The van der Waals surface area contributed by atoms with Gasteiger partial charge < -0.3 is 14.5 Å². The highest BCUT2D eigenvalue weighted by Crippen LogP contribution is 2.23. The van der Waals surface area contributed by atoms with Crippen LogP contribution in [0.2, 0.25) is 5.02 Å². The molecular weight excluding hydrogens is 290 g/mol. The van der Waals surface area contributed by atoms with E-state index in [1.54, 1.807) is 18.3 Å². The molecule has 1 aromatic rings. The average molecular weight is 310 g/mol. The van der Waals surface area contributed by atoms with Crippen LogP contribution in [0.25, 0.3) is 0 Å². The Bertz CT molecular complexity index is 502. The Morgan fingerprint density at radius 3 is 2.86 bits per heavy atom. The molecule has 5 nitrogen and oxygen atoms in total. The van der Waals surface area contributed by atoms with Crippen LogP contribution in [0.3, 0.4) is 0 Å². The van der Waals surface area contributed by atoms with Crippen molar-refractivity contribution in [3.05, 3.63) is 23.4 Å². The quantitative estimate of drug-likeness (QED) is 0.852. The molecule has 0 bridgehead atoms. The molecule has 0 saturated carbocycles. The van der Waals surface area contributed by atoms with Gasteiger partial charge in [0.25, 0.3) is 0 Å². The smallest absolute Gasteiger partial charge is 0.227 e. The molecule has 2 saturated heterocycles. The van der Waals surface area contributed by atoms with Gasteiger partial charge in [0.1, 0.15) is 6.10 Å². The molecular formula is C15H20ClN3O2. The van der Waals surface area contributed by atoms with E-state index in [9.17, 15) is 4.79 Å². The lowest BCUT2D eigenvalue weighted by Gasteiger charge is -2.41. The van der Waals surface area contributed by atoms with Gasteiger partial charge in [0, 0.05) is 18.8 Å². The summed E-state index contributed by atoms with van der Waals surface area (Å²) in [6.07, 6.45) is 3.72. The second-order valence-corrected chi connectivity index (χ2v) is 6.34. The molecule has 0 spiro atoms. The van der Waals surface area contributed by atoms with Crippen LogP contribution >= 0.6 is 11.6 Å². The van der Waals surface area contributed by atoms with E-state index >= 15 is 0 Å². The summed E-state index contributed by atoms with van der Waals surface area (Å²) < 4.78 is 5.72. The molecule has 114 valence electrons. The standard InChI is InChI=1S/C15H20ClN3O2/c1-18-6-2-3-11(8-18)15(20)19-9-13(10-19)21-14-5-4-12(16)7-17-14/h4-5,7,11,13H,2-3,6,8-10H2,1H3. The highest BCUT2D eigenvalue weighted by atomic mass is 35.5. The summed E-state index contributed by atoms with van der Waals surface area (Å²) >= 11 is 5.78. The highest BCUT2D eigenvalue weighted by molar-refractivity contribution is 6.30. The third-order valence-electron chi connectivity index (χ3n) is 4.12. The molecule has 1 aromatic heterocycles. The summed E-state index contributed by atoms with van der Waals surface area (Å²) in [7, 11) is 2.08. The first-order chi connectivity index (χ1) is 10.1. The summed E-state index contributed by atoms with van der Waals surface area (Å²) in [5.74, 6) is 0.984. The monoisotopic (exact) mass is 309 g/mol. The maximum Gasteiger partial charge on any atom is 0.227 e. The number of carbonyl (C=O) groups excluding carboxylic acids is 1. The zero-order valence-corrected chi connectivity index (χ0v) is 12.9. The average Bonchev–Trinajstić information content (AvgIpc) is 2.44. The number of carbonyl (C=O) groups is 1. The fourth-order valence-electron chi connectivity index (χ4n) is 2.92. The van der Waals surface area contributed by atoms with Gasteiger partial charge in [-0.25, -0.2) is 4.98 Å². The molecule has 0 radical (unpaired) electrons. The van der Waals surface area contributed by atoms with E-state index in [0.29, 0.717) is 24.0 Å². The Labute approximate surface area is 129 Å². The van der Waals surface area contributed by atoms with Crippen LogP contribution in [0.15, 0.2) is 18.3 Å². The van der Waals surface area contributed by atoms with Gasteiger partial charge in [0.05, 0.1) is 24.0 Å². The number of nitrogens with zero attached hydrogens (tertiary/aromatic N) is 3. The Morgan fingerprint density at radius 2 is 2.19 bits per heavy atom. The summed E-state index contributed by atoms with van der Waals surface area (Å²) in [6, 6.07) is 3.51. The van der Waals surface area contributed by atoms with E-state index in [2.05, 4.69) is 16.9 Å². The number of likely N-dealkylation sites (tertiary alicyclic amines) is 2. The van der Waals surface area contributed by atoms with Crippen molar-refractivity contribution in [2.24, 2.45) is 5.92 Å². The zero-order valence-electron chi connectivity index (χ0n) is 12.2. The van der Waals surface area contributed by atoms with Crippen LogP contribution in [0.5, 0.6) is 5.88 Å². The van der Waals surface area contributed by atoms with E-state index in [4.69, 9.17) is 16.3 Å². The van der Waals surface area contributed by atoms with Crippen molar-refractivity contribution in [3.63, 3.8) is 0 Å². The van der Waals surface area contributed by atoms with Crippen molar-refractivity contribution in [3.8, 4) is 5.88 Å². The normalized spacial score (nSPS) is 23.7. The molecule has 2 fully saturated rings. The van der Waals surface area contributed by atoms with Crippen molar-refractivity contribution < 1.29 is 9.53 Å². The summed E-state index contributed by atoms with van der Waals surface area (Å²) in [5.41, 5.74) is 0. The summed E-state index contributed by atoms with van der Waals surface area (Å²) in [6.45, 7) is 3.28. The van der Waals surface area contributed by atoms with Crippen molar-refractivity contribution in [2.45, 2.75) is 18.9 Å². The van der Waals surface area contributed by atoms with Gasteiger partial charge in [-0.05, 0) is 32.5 Å². The summed E-state index contributed by atoms with van der Waals surface area (Å²) in [4.78, 5) is 20.6. The molecule has 2 aliphatic rings. The number of aromatic nitrogens is 1. The Kier molecular flexibility index (Phi) is 4.31. The zero-order chi connectivity index (χ0) is 14.8. The van der Waals surface area contributed by atoms with Crippen LogP contribution in [-0.2, 0) is 4.79 Å². The van der Waals surface area contributed by atoms with Gasteiger partial charge in [0.15, 0.2) is 0 Å². The number of ether oxygens (including phenoxy) is 1. The van der Waals surface area contributed by atoms with Crippen LogP contribution in [-0.4, -0.2) is 60.0 Å². The minimum atomic E-state index is 0.0453. The lowest BCUT2D eigenvalue weighted by molar-refractivity contribution is -0.146. The largest absolute Gasteiger partial charge is 0.471 e. The fourth-order valence-corrected chi connectivity index (χ4v) is 3.03. The Morgan fingerprint density at radius 1 is 1.38 bits per heavy atom. The van der Waals surface area contributed by atoms with Gasteiger partial charge in [-0.15, -0.1) is 0 Å². The Balaban J connectivity index is 1.46. The molecule has 0 N–H and O–H groups in total. The van der Waals surface area contributed by atoms with Crippen molar-refractivity contribution in [1.82, 2.24) is 14.8 Å². The van der Waals surface area contributed by atoms with Gasteiger partial charge in [-0.1, -0.05) is 11.6 Å². The second kappa shape index (κ2) is 6.20. The molecule has 1 atom stereocenters. The third-order valence-corrected chi connectivity index (χ3v) is 4.34. The molecule has 0 aliphatic carbocycles. The fraction of sp³-hybridized carbons (Fsp3) is 0.600. The van der Waals surface area contributed by atoms with Crippen LogP contribution in [0, 0.1) is 5.92 Å². The topological polar surface area (TPSA) is 45.7 Å². The van der Waals surface area contributed by atoms with E-state index in [1.807, 2.05) is 4.90 Å². The number of piperidine rings is 1. The minimum Gasteiger partial charge on any atom is -0.471 e. The van der Waals surface area contributed by atoms with Crippen LogP contribution in [0.1, 0.15) is 12.8 Å². The molecule has 3 rings (SSSR count). The molecule has 2 aliphatic heterocycles. The minimum absolute atomic E-state index is 0.0453. The van der Waals surface area contributed by atoms with Gasteiger partial charge in [0.2, 0.25) is 11.8 Å². The molecule has 1 amide bonds. The number of rotatable bonds is 3. The first kappa shape index (κ1) is 14.6. The van der Waals surface area contributed by atoms with Crippen LogP contribution in [0.4, 0.5) is 0 Å². The van der Waals surface area contributed by atoms with E-state index < -0.39 is 0 Å². The first-order valence-electron chi connectivity index (χ1n) is 7.37. The van der Waals surface area contributed by atoms with Gasteiger partial charge >= 0.3 is 0 Å². The predicted molar refractivity (Wildman–Crippen MR) is 80.5 cm³/mol. The number of pyridine rings is 1. The number of halogens is 1. The summed E-state index contributed by atoms with van der Waals surface area (Å²) in [5, 5.41) is 0.592. The van der Waals surface area contributed by atoms with E-state index in [-0.39, 0.29) is 17.9 Å². The highest BCUT2D eigenvalue weighted by Gasteiger charge is 2.36. The Hall–Kier alpha value is -1.33. The van der Waals surface area contributed by atoms with Crippen LogP contribution < -0.4 is 4.74 Å². The lowest BCUT2D eigenvalue weighted by atomic mass is 9.95. The van der Waals surface area contributed by atoms with E-state index in [0.717, 1.165) is 25.9 Å². The van der Waals surface area contributed by atoms with Crippen molar-refractivity contribution in [1.29, 1.82) is 0 Å². The molecule has 21 heavy (non-hydrogen) atoms. The maximum atomic E-state index is 12.4. The second-order valence-electron chi connectivity index (χ2n) is 5.90. The molecule has 6 heteroatoms. The van der Waals surface area contributed by atoms with Crippen molar-refractivity contribution in [2.75, 3.05) is 33.2 Å². The maximum absolute atomic E-state index is 12.4. The number of hydrogen-bond donors (Lipinski definition) is 0. The van der Waals surface area contributed by atoms with Gasteiger partial charge in [-0.3, -0.25) is 4.79 Å². The van der Waals surface area contributed by atoms with Crippen molar-refractivity contribution >= 4 is 17.5 Å².